The summed E-state index contributed by atoms with van der Waals surface area (Å²) < 4.78 is 25.1. The van der Waals surface area contributed by atoms with Crippen LogP contribution in [0.1, 0.15) is 5.56 Å². The first kappa shape index (κ1) is 13.1. The highest BCUT2D eigenvalue weighted by molar-refractivity contribution is 7.92. The summed E-state index contributed by atoms with van der Waals surface area (Å²) in [6, 6.07) is 6.20. The lowest BCUT2D eigenvalue weighted by Gasteiger charge is -2.08. The van der Waals surface area contributed by atoms with Crippen LogP contribution in [-0.2, 0) is 10.0 Å². The molecule has 1 N–H and O–H groups in total. The quantitative estimate of drug-likeness (QED) is 0.859. The number of benzene rings is 1. The van der Waals surface area contributed by atoms with Crippen molar-refractivity contribution >= 4 is 38.9 Å². The highest BCUT2D eigenvalue weighted by Gasteiger charge is 2.11. The number of alkyl halides is 1. The molecular formula is C9H8Cl2N2O2S. The third kappa shape index (κ3) is 3.56. The van der Waals surface area contributed by atoms with Gasteiger partial charge in [0.1, 0.15) is 0 Å². The molecule has 0 saturated heterocycles. The van der Waals surface area contributed by atoms with Crippen LogP contribution in [0, 0.1) is 11.3 Å². The van der Waals surface area contributed by atoms with Gasteiger partial charge in [-0.25, -0.2) is 8.42 Å². The van der Waals surface area contributed by atoms with Gasteiger partial charge < -0.3 is 0 Å². The maximum Gasteiger partial charge on any atom is 0.233 e. The third-order valence-electron chi connectivity index (χ3n) is 1.71. The number of halogens is 2. The molecule has 1 aromatic carbocycles. The van der Waals surface area contributed by atoms with Gasteiger partial charge in [0.05, 0.1) is 28.1 Å². The fraction of sp³-hybridized carbons (Fsp3) is 0.222. The molecule has 0 aliphatic heterocycles. The molecule has 0 amide bonds. The number of hydrogen-bond acceptors (Lipinski definition) is 3. The Labute approximate surface area is 104 Å². The molecule has 0 radical (unpaired) electrons. The number of sulfonamides is 1. The van der Waals surface area contributed by atoms with Gasteiger partial charge in [-0.3, -0.25) is 4.72 Å². The van der Waals surface area contributed by atoms with Crippen molar-refractivity contribution in [2.75, 3.05) is 16.4 Å². The summed E-state index contributed by atoms with van der Waals surface area (Å²) in [4.78, 5) is 0. The molecule has 0 unspecified atom stereocenters. The Morgan fingerprint density at radius 2 is 2.12 bits per heavy atom. The van der Waals surface area contributed by atoms with Gasteiger partial charge in [0.25, 0.3) is 0 Å². The summed E-state index contributed by atoms with van der Waals surface area (Å²) in [5.41, 5.74) is 0.607. The molecule has 7 heteroatoms. The topological polar surface area (TPSA) is 70.0 Å². The van der Waals surface area contributed by atoms with Crippen molar-refractivity contribution in [3.05, 3.63) is 28.8 Å². The van der Waals surface area contributed by atoms with Crippen LogP contribution in [0.3, 0.4) is 0 Å². The van der Waals surface area contributed by atoms with Crippen molar-refractivity contribution in [2.24, 2.45) is 0 Å². The smallest absolute Gasteiger partial charge is 0.233 e. The van der Waals surface area contributed by atoms with Gasteiger partial charge in [-0.05, 0) is 18.2 Å². The Kier molecular flexibility index (Phi) is 4.42. The van der Waals surface area contributed by atoms with E-state index >= 15 is 0 Å². The van der Waals surface area contributed by atoms with Crippen molar-refractivity contribution < 1.29 is 8.42 Å². The molecule has 0 atom stereocenters. The molecule has 0 saturated carbocycles. The SMILES string of the molecule is N#Cc1ccc(NS(=O)(=O)CCCl)c(Cl)c1. The number of nitrogens with one attached hydrogen (secondary N) is 1. The molecule has 1 rings (SSSR count). The zero-order valence-corrected chi connectivity index (χ0v) is 10.4. The number of anilines is 1. The van der Waals surface area contributed by atoms with Gasteiger partial charge in [-0.15, -0.1) is 11.6 Å². The molecule has 0 spiro atoms. The van der Waals surface area contributed by atoms with E-state index in [1.54, 1.807) is 0 Å². The molecule has 0 fully saturated rings. The average Bonchev–Trinajstić information content (AvgIpc) is 2.20. The van der Waals surface area contributed by atoms with E-state index in [1.807, 2.05) is 6.07 Å². The second-order valence-corrected chi connectivity index (χ2v) is 5.54. The minimum atomic E-state index is -3.48. The molecule has 86 valence electrons. The molecule has 4 nitrogen and oxygen atoms in total. The third-order valence-corrected chi connectivity index (χ3v) is 3.71. The lowest BCUT2D eigenvalue weighted by Crippen LogP contribution is -2.17. The normalized spacial score (nSPS) is 10.8. The van der Waals surface area contributed by atoms with Crippen molar-refractivity contribution in [2.45, 2.75) is 0 Å². The van der Waals surface area contributed by atoms with Crippen LogP contribution in [0.4, 0.5) is 5.69 Å². The summed E-state index contributed by atoms with van der Waals surface area (Å²) >= 11 is 11.1. The van der Waals surface area contributed by atoms with Gasteiger partial charge in [0.15, 0.2) is 0 Å². The van der Waals surface area contributed by atoms with Crippen LogP contribution in [0.5, 0.6) is 0 Å². The summed E-state index contributed by atoms with van der Waals surface area (Å²) in [7, 11) is -3.48. The first-order chi connectivity index (χ1) is 7.48. The Balaban J connectivity index is 2.96. The van der Waals surface area contributed by atoms with Crippen molar-refractivity contribution in [1.29, 1.82) is 5.26 Å². The molecule has 0 aromatic heterocycles. The lowest BCUT2D eigenvalue weighted by molar-refractivity contribution is 0.602. The minimum absolute atomic E-state index is 0.00321. The van der Waals surface area contributed by atoms with Crippen molar-refractivity contribution in [1.82, 2.24) is 0 Å². The first-order valence-corrected chi connectivity index (χ1v) is 6.81. The van der Waals surface area contributed by atoms with Crippen LogP contribution < -0.4 is 4.72 Å². The lowest BCUT2D eigenvalue weighted by atomic mass is 10.2. The van der Waals surface area contributed by atoms with Gasteiger partial charge in [0, 0.05) is 5.88 Å². The van der Waals surface area contributed by atoms with E-state index in [9.17, 15) is 8.42 Å². The van der Waals surface area contributed by atoms with Crippen LogP contribution in [0.15, 0.2) is 18.2 Å². The molecule has 16 heavy (non-hydrogen) atoms. The van der Waals surface area contributed by atoms with E-state index in [1.165, 1.54) is 18.2 Å². The molecule has 0 aliphatic rings. The summed E-state index contributed by atoms with van der Waals surface area (Å²) in [6.45, 7) is 0. The standard InChI is InChI=1S/C9H8Cl2N2O2S/c10-3-4-16(14,15)13-9-2-1-7(6-12)5-8(9)11/h1-2,5,13H,3-4H2. The molecule has 0 heterocycles. The Hall–Kier alpha value is -0.960. The van der Waals surface area contributed by atoms with Crippen LogP contribution in [-0.4, -0.2) is 20.1 Å². The van der Waals surface area contributed by atoms with E-state index in [0.29, 0.717) is 5.56 Å². The monoisotopic (exact) mass is 278 g/mol. The van der Waals surface area contributed by atoms with E-state index in [2.05, 4.69) is 4.72 Å². The van der Waals surface area contributed by atoms with E-state index < -0.39 is 10.0 Å². The Morgan fingerprint density at radius 3 is 2.62 bits per heavy atom. The number of nitrogens with zero attached hydrogens (tertiary/aromatic N) is 1. The maximum atomic E-state index is 11.4. The van der Waals surface area contributed by atoms with Gasteiger partial charge in [0.2, 0.25) is 10.0 Å². The van der Waals surface area contributed by atoms with Crippen LogP contribution in [0.25, 0.3) is 0 Å². The zero-order chi connectivity index (χ0) is 12.2. The molecule has 0 aliphatic carbocycles. The molecule has 0 bridgehead atoms. The first-order valence-electron chi connectivity index (χ1n) is 4.24. The van der Waals surface area contributed by atoms with Gasteiger partial charge in [-0.1, -0.05) is 11.6 Å². The highest BCUT2D eigenvalue weighted by Crippen LogP contribution is 2.23. The Bertz CT molecular complexity index is 523. The van der Waals surface area contributed by atoms with Crippen LogP contribution >= 0.6 is 23.2 Å². The second-order valence-electron chi connectivity index (χ2n) is 2.92. The highest BCUT2D eigenvalue weighted by atomic mass is 35.5. The summed E-state index contributed by atoms with van der Waals surface area (Å²) in [6.07, 6.45) is 0. The zero-order valence-electron chi connectivity index (χ0n) is 8.07. The van der Waals surface area contributed by atoms with E-state index in [-0.39, 0.29) is 22.3 Å². The number of rotatable bonds is 4. The Morgan fingerprint density at radius 1 is 1.44 bits per heavy atom. The van der Waals surface area contributed by atoms with Crippen LogP contribution in [0.2, 0.25) is 5.02 Å². The summed E-state index contributed by atoms with van der Waals surface area (Å²) in [5, 5.41) is 8.78. The number of hydrogen-bond donors (Lipinski definition) is 1. The predicted octanol–water partition coefficient (Wildman–Crippen LogP) is 2.19. The second kappa shape index (κ2) is 5.39. The predicted molar refractivity (Wildman–Crippen MR) is 64.3 cm³/mol. The van der Waals surface area contributed by atoms with Gasteiger partial charge in [-0.2, -0.15) is 5.26 Å². The summed E-state index contributed by atoms with van der Waals surface area (Å²) in [5.74, 6) is -0.186. The van der Waals surface area contributed by atoms with Crippen molar-refractivity contribution in [3.63, 3.8) is 0 Å². The maximum absolute atomic E-state index is 11.4. The fourth-order valence-corrected chi connectivity index (χ4v) is 2.70. The number of nitriles is 1. The van der Waals surface area contributed by atoms with E-state index in [0.717, 1.165) is 0 Å². The molecule has 1 aromatic rings. The van der Waals surface area contributed by atoms with Gasteiger partial charge >= 0.3 is 0 Å². The average molecular weight is 279 g/mol. The largest absolute Gasteiger partial charge is 0.282 e. The van der Waals surface area contributed by atoms with E-state index in [4.69, 9.17) is 28.5 Å². The molecular weight excluding hydrogens is 271 g/mol. The fourth-order valence-electron chi connectivity index (χ4n) is 0.988. The minimum Gasteiger partial charge on any atom is -0.282 e. The van der Waals surface area contributed by atoms with Crippen molar-refractivity contribution in [3.8, 4) is 6.07 Å².